The molecule has 0 aromatic rings. The van der Waals surface area contributed by atoms with Crippen molar-refractivity contribution >= 4 is 12.0 Å². The van der Waals surface area contributed by atoms with Gasteiger partial charge in [0.1, 0.15) is 0 Å². The summed E-state index contributed by atoms with van der Waals surface area (Å²) in [6.07, 6.45) is 7.86. The van der Waals surface area contributed by atoms with Gasteiger partial charge in [-0.2, -0.15) is 0 Å². The second kappa shape index (κ2) is 6.26. The van der Waals surface area contributed by atoms with Gasteiger partial charge in [-0.25, -0.2) is 4.79 Å². The molecule has 1 N–H and O–H groups in total. The Balaban J connectivity index is 1.94. The van der Waals surface area contributed by atoms with Gasteiger partial charge in [0, 0.05) is 26.1 Å². The van der Waals surface area contributed by atoms with E-state index < -0.39 is 5.97 Å². The summed E-state index contributed by atoms with van der Waals surface area (Å²) in [6.45, 7) is 0.702. The van der Waals surface area contributed by atoms with Crippen molar-refractivity contribution in [1.29, 1.82) is 0 Å². The zero-order valence-corrected chi connectivity index (χ0v) is 11.7. The van der Waals surface area contributed by atoms with Crippen LogP contribution in [0.15, 0.2) is 0 Å². The van der Waals surface area contributed by atoms with E-state index in [0.29, 0.717) is 19.0 Å². The van der Waals surface area contributed by atoms with Crippen LogP contribution < -0.4 is 0 Å². The van der Waals surface area contributed by atoms with Gasteiger partial charge in [0.25, 0.3) is 0 Å². The number of carbonyl (C=O) groups is 2. The van der Waals surface area contributed by atoms with E-state index in [1.807, 2.05) is 4.90 Å². The largest absolute Gasteiger partial charge is 0.481 e. The lowest BCUT2D eigenvalue weighted by atomic mass is 10.1. The second-order valence-corrected chi connectivity index (χ2v) is 5.78. The molecule has 0 aromatic heterocycles. The number of carboxylic acid groups (broad SMARTS) is 1. The molecule has 0 radical (unpaired) electrons. The second-order valence-electron chi connectivity index (χ2n) is 5.78. The molecule has 108 valence electrons. The highest BCUT2D eigenvalue weighted by molar-refractivity contribution is 5.77. The Kier molecular flexibility index (Phi) is 4.66. The Morgan fingerprint density at radius 1 is 1.26 bits per heavy atom. The number of amides is 2. The monoisotopic (exact) mass is 268 g/mol. The molecule has 1 aliphatic heterocycles. The number of carboxylic acids is 1. The highest BCUT2D eigenvalue weighted by atomic mass is 16.4. The molecule has 1 aliphatic carbocycles. The van der Waals surface area contributed by atoms with Crippen molar-refractivity contribution in [3.63, 3.8) is 0 Å². The maximum absolute atomic E-state index is 12.3. The minimum atomic E-state index is -0.784. The first-order chi connectivity index (χ1) is 9.09. The lowest BCUT2D eigenvalue weighted by Gasteiger charge is -2.26. The van der Waals surface area contributed by atoms with Gasteiger partial charge in [-0.3, -0.25) is 4.79 Å². The van der Waals surface area contributed by atoms with Gasteiger partial charge in [0.15, 0.2) is 0 Å². The van der Waals surface area contributed by atoms with Crippen LogP contribution in [0.1, 0.15) is 51.4 Å². The van der Waals surface area contributed by atoms with Crippen LogP contribution >= 0.6 is 0 Å². The van der Waals surface area contributed by atoms with Crippen LogP contribution in [0, 0.1) is 0 Å². The molecule has 2 fully saturated rings. The molecule has 1 heterocycles. The SMILES string of the molecule is CN1C(=O)N(C2CCCCCC2)CC1CCC(=O)O. The number of hydrogen-bond acceptors (Lipinski definition) is 2. The van der Waals surface area contributed by atoms with E-state index in [-0.39, 0.29) is 18.5 Å². The zero-order valence-electron chi connectivity index (χ0n) is 11.7. The summed E-state index contributed by atoms with van der Waals surface area (Å²) in [5.74, 6) is -0.784. The molecule has 2 rings (SSSR count). The molecule has 2 amide bonds. The van der Waals surface area contributed by atoms with E-state index in [4.69, 9.17) is 5.11 Å². The van der Waals surface area contributed by atoms with Crippen molar-refractivity contribution in [2.24, 2.45) is 0 Å². The van der Waals surface area contributed by atoms with Gasteiger partial charge in [-0.1, -0.05) is 25.7 Å². The van der Waals surface area contributed by atoms with Crippen molar-refractivity contribution in [1.82, 2.24) is 9.80 Å². The molecule has 5 heteroatoms. The Morgan fingerprint density at radius 3 is 2.47 bits per heavy atom. The summed E-state index contributed by atoms with van der Waals surface area (Å²) < 4.78 is 0. The molecular formula is C14H24N2O3. The molecule has 1 saturated carbocycles. The highest BCUT2D eigenvalue weighted by Gasteiger charge is 2.38. The number of carbonyl (C=O) groups excluding carboxylic acids is 1. The summed E-state index contributed by atoms with van der Waals surface area (Å²) in [4.78, 5) is 26.6. The third kappa shape index (κ3) is 3.39. The molecule has 1 unspecified atom stereocenters. The summed E-state index contributed by atoms with van der Waals surface area (Å²) in [5, 5.41) is 8.76. The quantitative estimate of drug-likeness (QED) is 0.796. The first-order valence-electron chi connectivity index (χ1n) is 7.35. The Morgan fingerprint density at radius 2 is 1.89 bits per heavy atom. The topological polar surface area (TPSA) is 60.9 Å². The summed E-state index contributed by atoms with van der Waals surface area (Å²) >= 11 is 0. The predicted molar refractivity (Wildman–Crippen MR) is 72.0 cm³/mol. The van der Waals surface area contributed by atoms with Crippen LogP contribution in [0.3, 0.4) is 0 Å². The van der Waals surface area contributed by atoms with Gasteiger partial charge in [-0.15, -0.1) is 0 Å². The highest BCUT2D eigenvalue weighted by Crippen LogP contribution is 2.27. The van der Waals surface area contributed by atoms with Crippen LogP contribution in [-0.2, 0) is 4.79 Å². The van der Waals surface area contributed by atoms with E-state index in [9.17, 15) is 9.59 Å². The lowest BCUT2D eigenvalue weighted by Crippen LogP contribution is -2.38. The molecular weight excluding hydrogens is 244 g/mol. The average molecular weight is 268 g/mol. The van der Waals surface area contributed by atoms with Gasteiger partial charge in [-0.05, 0) is 19.3 Å². The fourth-order valence-corrected chi connectivity index (χ4v) is 3.24. The smallest absolute Gasteiger partial charge is 0.320 e. The lowest BCUT2D eigenvalue weighted by molar-refractivity contribution is -0.137. The zero-order chi connectivity index (χ0) is 13.8. The van der Waals surface area contributed by atoms with Crippen LogP contribution in [0.25, 0.3) is 0 Å². The number of likely N-dealkylation sites (N-methyl/N-ethyl adjacent to an activating group) is 1. The molecule has 2 aliphatic rings. The number of nitrogens with zero attached hydrogens (tertiary/aromatic N) is 2. The van der Waals surface area contributed by atoms with Crippen LogP contribution in [0.5, 0.6) is 0 Å². The van der Waals surface area contributed by atoms with Crippen molar-refractivity contribution < 1.29 is 14.7 Å². The molecule has 5 nitrogen and oxygen atoms in total. The van der Waals surface area contributed by atoms with Gasteiger partial charge in [0.05, 0.1) is 6.04 Å². The van der Waals surface area contributed by atoms with Gasteiger partial charge >= 0.3 is 12.0 Å². The van der Waals surface area contributed by atoms with Crippen LogP contribution in [0.4, 0.5) is 4.79 Å². The van der Waals surface area contributed by atoms with Gasteiger partial charge in [0.2, 0.25) is 0 Å². The maximum atomic E-state index is 12.3. The van der Waals surface area contributed by atoms with Crippen molar-refractivity contribution in [3.05, 3.63) is 0 Å². The minimum Gasteiger partial charge on any atom is -0.481 e. The summed E-state index contributed by atoms with van der Waals surface area (Å²) in [6, 6.07) is 0.515. The van der Waals surface area contributed by atoms with Crippen molar-refractivity contribution in [2.75, 3.05) is 13.6 Å². The summed E-state index contributed by atoms with van der Waals surface area (Å²) in [5.41, 5.74) is 0. The van der Waals surface area contributed by atoms with Gasteiger partial charge < -0.3 is 14.9 Å². The van der Waals surface area contributed by atoms with E-state index in [0.717, 1.165) is 12.8 Å². The Labute approximate surface area is 114 Å². The number of aliphatic carboxylic acids is 1. The Hall–Kier alpha value is -1.26. The number of rotatable bonds is 4. The molecule has 0 aromatic carbocycles. The van der Waals surface area contributed by atoms with Crippen LogP contribution in [0.2, 0.25) is 0 Å². The molecule has 0 spiro atoms. The molecule has 1 saturated heterocycles. The molecule has 19 heavy (non-hydrogen) atoms. The van der Waals surface area contributed by atoms with E-state index in [1.54, 1.807) is 11.9 Å². The predicted octanol–water partition coefficient (Wildman–Crippen LogP) is 2.31. The Bertz CT molecular complexity index is 338. The van der Waals surface area contributed by atoms with Crippen molar-refractivity contribution in [2.45, 2.75) is 63.5 Å². The van der Waals surface area contributed by atoms with Crippen LogP contribution in [-0.4, -0.2) is 52.6 Å². The van der Waals surface area contributed by atoms with E-state index in [2.05, 4.69) is 0 Å². The fourth-order valence-electron chi connectivity index (χ4n) is 3.24. The summed E-state index contributed by atoms with van der Waals surface area (Å²) in [7, 11) is 1.80. The third-order valence-electron chi connectivity index (χ3n) is 4.46. The van der Waals surface area contributed by atoms with E-state index >= 15 is 0 Å². The molecule has 0 bridgehead atoms. The molecule has 1 atom stereocenters. The fraction of sp³-hybridized carbons (Fsp3) is 0.857. The minimum absolute atomic E-state index is 0.0619. The first-order valence-corrected chi connectivity index (χ1v) is 7.35. The third-order valence-corrected chi connectivity index (χ3v) is 4.46. The van der Waals surface area contributed by atoms with Crippen molar-refractivity contribution in [3.8, 4) is 0 Å². The standard InChI is InChI=1S/C14H24N2O3/c1-15-12(8-9-13(17)18)10-16(14(15)19)11-6-4-2-3-5-7-11/h11-12H,2-10H2,1H3,(H,17,18). The number of urea groups is 1. The van der Waals surface area contributed by atoms with E-state index in [1.165, 1.54) is 25.7 Å². The number of hydrogen-bond donors (Lipinski definition) is 1. The average Bonchev–Trinajstić information content (AvgIpc) is 2.61. The normalized spacial score (nSPS) is 25.7. The maximum Gasteiger partial charge on any atom is 0.320 e. The first kappa shape index (κ1) is 14.2.